The van der Waals surface area contributed by atoms with Gasteiger partial charge in [-0.05, 0) is 44.4 Å². The van der Waals surface area contributed by atoms with Crippen LogP contribution in [0.15, 0.2) is 34.7 Å². The Morgan fingerprint density at radius 3 is 2.54 bits per heavy atom. The maximum atomic E-state index is 13.6. The van der Waals surface area contributed by atoms with Gasteiger partial charge in [0.25, 0.3) is 5.91 Å². The van der Waals surface area contributed by atoms with E-state index in [9.17, 15) is 22.4 Å². The normalized spacial score (nSPS) is 11.8. The van der Waals surface area contributed by atoms with Crippen LogP contribution in [0.1, 0.15) is 27.4 Å². The van der Waals surface area contributed by atoms with Crippen LogP contribution in [-0.2, 0) is 19.3 Å². The van der Waals surface area contributed by atoms with Crippen LogP contribution in [0.25, 0.3) is 0 Å². The molecule has 1 aromatic heterocycles. The van der Waals surface area contributed by atoms with E-state index in [1.165, 1.54) is 6.07 Å². The maximum absolute atomic E-state index is 13.6. The molecule has 0 saturated carbocycles. The summed E-state index contributed by atoms with van der Waals surface area (Å²) < 4.78 is 56.9. The van der Waals surface area contributed by atoms with Gasteiger partial charge in [0.2, 0.25) is 0 Å². The zero-order chi connectivity index (χ0) is 17.9. The number of hydrogen-bond donors (Lipinski definition) is 1. The van der Waals surface area contributed by atoms with Gasteiger partial charge in [-0.1, -0.05) is 0 Å². The summed E-state index contributed by atoms with van der Waals surface area (Å²) in [5.74, 6) is -0.873. The van der Waals surface area contributed by atoms with E-state index < -0.39 is 23.5 Å². The minimum absolute atomic E-state index is 0.0132. The first-order valence-corrected chi connectivity index (χ1v) is 7.04. The van der Waals surface area contributed by atoms with Crippen LogP contribution in [0.5, 0.6) is 0 Å². The number of carbonyl (C=O) groups excluding carboxylic acids is 1. The summed E-state index contributed by atoms with van der Waals surface area (Å²) in [6.45, 7) is 0.119. The molecule has 0 spiro atoms. The van der Waals surface area contributed by atoms with Gasteiger partial charge in [-0.3, -0.25) is 4.79 Å². The molecule has 0 atom stereocenters. The molecule has 0 aliphatic carbocycles. The maximum Gasteiger partial charge on any atom is 0.416 e. The third kappa shape index (κ3) is 4.58. The number of hydrogen-bond acceptors (Lipinski definition) is 3. The first-order chi connectivity index (χ1) is 11.2. The molecule has 8 heteroatoms. The molecule has 1 amide bonds. The number of amides is 1. The summed E-state index contributed by atoms with van der Waals surface area (Å²) in [4.78, 5) is 13.8. The molecule has 1 heterocycles. The number of alkyl halides is 3. The molecule has 1 N–H and O–H groups in total. The predicted octanol–water partition coefficient (Wildman–Crippen LogP) is 3.43. The molecule has 0 bridgehead atoms. The summed E-state index contributed by atoms with van der Waals surface area (Å²) in [6.07, 6.45) is -4.57. The summed E-state index contributed by atoms with van der Waals surface area (Å²) in [5.41, 5.74) is -1.22. The van der Waals surface area contributed by atoms with Gasteiger partial charge in [-0.15, -0.1) is 0 Å². The topological polar surface area (TPSA) is 45.5 Å². The zero-order valence-electron chi connectivity index (χ0n) is 13.1. The molecule has 1 aromatic carbocycles. The van der Waals surface area contributed by atoms with Gasteiger partial charge in [0.15, 0.2) is 5.76 Å². The molecule has 0 unspecified atom stereocenters. The fourth-order valence-corrected chi connectivity index (χ4v) is 2.05. The van der Waals surface area contributed by atoms with Crippen molar-refractivity contribution in [3.8, 4) is 0 Å². The second kappa shape index (κ2) is 7.04. The Hall–Kier alpha value is -2.35. The molecule has 2 aromatic rings. The van der Waals surface area contributed by atoms with Crippen molar-refractivity contribution in [1.82, 2.24) is 10.2 Å². The third-order valence-corrected chi connectivity index (χ3v) is 3.17. The van der Waals surface area contributed by atoms with Crippen LogP contribution in [0.2, 0.25) is 0 Å². The summed E-state index contributed by atoms with van der Waals surface area (Å²) >= 11 is 0. The van der Waals surface area contributed by atoms with Crippen LogP contribution < -0.4 is 5.32 Å². The lowest BCUT2D eigenvalue weighted by Crippen LogP contribution is -2.23. The van der Waals surface area contributed by atoms with Crippen LogP contribution in [-0.4, -0.2) is 24.9 Å². The highest BCUT2D eigenvalue weighted by Crippen LogP contribution is 2.30. The van der Waals surface area contributed by atoms with Gasteiger partial charge < -0.3 is 14.6 Å². The van der Waals surface area contributed by atoms with Crippen molar-refractivity contribution in [2.45, 2.75) is 19.3 Å². The van der Waals surface area contributed by atoms with Crippen molar-refractivity contribution in [2.75, 3.05) is 14.1 Å². The monoisotopic (exact) mass is 344 g/mol. The van der Waals surface area contributed by atoms with E-state index in [4.69, 9.17) is 4.42 Å². The second-order valence-electron chi connectivity index (χ2n) is 5.49. The highest BCUT2D eigenvalue weighted by molar-refractivity contribution is 5.91. The highest BCUT2D eigenvalue weighted by Gasteiger charge is 2.31. The van der Waals surface area contributed by atoms with E-state index in [-0.39, 0.29) is 17.9 Å². The van der Waals surface area contributed by atoms with E-state index in [0.29, 0.717) is 24.4 Å². The lowest BCUT2D eigenvalue weighted by atomic mass is 10.1. The molecule has 0 aliphatic heterocycles. The van der Waals surface area contributed by atoms with Crippen LogP contribution >= 0.6 is 0 Å². The van der Waals surface area contributed by atoms with Crippen molar-refractivity contribution < 1.29 is 26.8 Å². The van der Waals surface area contributed by atoms with Gasteiger partial charge in [0, 0.05) is 12.1 Å². The molecular formula is C16H16F4N2O2. The number of furan rings is 1. The number of rotatable bonds is 5. The quantitative estimate of drug-likeness (QED) is 0.846. The summed E-state index contributed by atoms with van der Waals surface area (Å²) in [7, 11) is 3.66. The van der Waals surface area contributed by atoms with E-state index >= 15 is 0 Å². The summed E-state index contributed by atoms with van der Waals surface area (Å²) in [5, 5.41) is 2.35. The molecule has 0 aliphatic rings. The second-order valence-corrected chi connectivity index (χ2v) is 5.49. The Bertz CT molecular complexity index is 723. The fourth-order valence-electron chi connectivity index (χ4n) is 2.05. The minimum atomic E-state index is -4.57. The van der Waals surface area contributed by atoms with E-state index in [0.717, 1.165) is 6.07 Å². The molecule has 2 rings (SSSR count). The van der Waals surface area contributed by atoms with Gasteiger partial charge >= 0.3 is 6.18 Å². The van der Waals surface area contributed by atoms with Crippen molar-refractivity contribution in [2.24, 2.45) is 0 Å². The standard InChI is InChI=1S/C16H16F4N2O2/c1-22(2)9-12-4-6-14(24-12)15(23)21-8-10-7-11(16(18,19)20)3-5-13(10)17/h3-7H,8-9H2,1-2H3,(H,21,23). The Labute approximate surface area is 136 Å². The molecular weight excluding hydrogens is 328 g/mol. The smallest absolute Gasteiger partial charge is 0.416 e. The third-order valence-electron chi connectivity index (χ3n) is 3.17. The Balaban J connectivity index is 2.05. The van der Waals surface area contributed by atoms with Crippen molar-refractivity contribution >= 4 is 5.91 Å². The Morgan fingerprint density at radius 1 is 1.21 bits per heavy atom. The Morgan fingerprint density at radius 2 is 1.92 bits per heavy atom. The molecule has 130 valence electrons. The highest BCUT2D eigenvalue weighted by atomic mass is 19.4. The Kier molecular flexibility index (Phi) is 5.28. The molecule has 0 fully saturated rings. The molecule has 0 radical (unpaired) electrons. The SMILES string of the molecule is CN(C)Cc1ccc(C(=O)NCc2cc(C(F)(F)F)ccc2F)o1. The van der Waals surface area contributed by atoms with Gasteiger partial charge in [0.1, 0.15) is 11.6 Å². The van der Waals surface area contributed by atoms with E-state index in [2.05, 4.69) is 5.32 Å². The average Bonchev–Trinajstić information content (AvgIpc) is 2.92. The van der Waals surface area contributed by atoms with Crippen molar-refractivity contribution in [1.29, 1.82) is 0 Å². The minimum Gasteiger partial charge on any atom is -0.455 e. The van der Waals surface area contributed by atoms with Crippen LogP contribution in [0.4, 0.5) is 17.6 Å². The van der Waals surface area contributed by atoms with Gasteiger partial charge in [-0.25, -0.2) is 4.39 Å². The van der Waals surface area contributed by atoms with Crippen molar-refractivity contribution in [3.63, 3.8) is 0 Å². The summed E-state index contributed by atoms with van der Waals surface area (Å²) in [6, 6.07) is 5.14. The number of carbonyl (C=O) groups is 1. The lowest BCUT2D eigenvalue weighted by molar-refractivity contribution is -0.137. The van der Waals surface area contributed by atoms with E-state index in [1.54, 1.807) is 6.07 Å². The number of halogens is 4. The molecule has 4 nitrogen and oxygen atoms in total. The lowest BCUT2D eigenvalue weighted by Gasteiger charge is -2.10. The largest absolute Gasteiger partial charge is 0.455 e. The number of nitrogens with zero attached hydrogens (tertiary/aromatic N) is 1. The van der Waals surface area contributed by atoms with Gasteiger partial charge in [0.05, 0.1) is 12.1 Å². The molecule has 24 heavy (non-hydrogen) atoms. The first kappa shape index (κ1) is 18.0. The first-order valence-electron chi connectivity index (χ1n) is 7.04. The predicted molar refractivity (Wildman–Crippen MR) is 78.7 cm³/mol. The van der Waals surface area contributed by atoms with Crippen LogP contribution in [0.3, 0.4) is 0 Å². The van der Waals surface area contributed by atoms with E-state index in [1.807, 2.05) is 19.0 Å². The number of nitrogens with one attached hydrogen (secondary N) is 1. The molecule has 0 saturated heterocycles. The fraction of sp³-hybridized carbons (Fsp3) is 0.312. The van der Waals surface area contributed by atoms with Gasteiger partial charge in [-0.2, -0.15) is 13.2 Å². The van der Waals surface area contributed by atoms with Crippen molar-refractivity contribution in [3.05, 3.63) is 58.8 Å². The zero-order valence-corrected chi connectivity index (χ0v) is 13.1. The average molecular weight is 344 g/mol. The van der Waals surface area contributed by atoms with Crippen LogP contribution in [0, 0.1) is 5.82 Å². The number of benzene rings is 1.